The largest absolute Gasteiger partial charge is 0.490 e. The molecular formula is C27H28INO6S. The second kappa shape index (κ2) is 12.1. The van der Waals surface area contributed by atoms with E-state index in [0.29, 0.717) is 35.5 Å². The zero-order valence-electron chi connectivity index (χ0n) is 20.0. The van der Waals surface area contributed by atoms with Crippen molar-refractivity contribution >= 4 is 57.5 Å². The number of thioether (sulfide) groups is 1. The van der Waals surface area contributed by atoms with E-state index in [-0.39, 0.29) is 23.3 Å². The zero-order chi connectivity index (χ0) is 25.7. The first-order valence-electron chi connectivity index (χ1n) is 12.0. The molecule has 2 aliphatic rings. The molecule has 1 aliphatic carbocycles. The maximum absolute atomic E-state index is 13.0. The van der Waals surface area contributed by atoms with Crippen LogP contribution in [0.4, 0.5) is 4.79 Å². The fourth-order valence-electron chi connectivity index (χ4n) is 4.46. The number of halogens is 1. The fraction of sp³-hybridized carbons (Fsp3) is 0.370. The van der Waals surface area contributed by atoms with Gasteiger partial charge in [0.05, 0.1) is 20.6 Å². The lowest BCUT2D eigenvalue weighted by Crippen LogP contribution is -2.34. The van der Waals surface area contributed by atoms with Crippen molar-refractivity contribution in [3.63, 3.8) is 0 Å². The van der Waals surface area contributed by atoms with E-state index < -0.39 is 5.97 Å². The van der Waals surface area contributed by atoms with Crippen molar-refractivity contribution in [1.29, 1.82) is 0 Å². The highest BCUT2D eigenvalue weighted by Gasteiger charge is 2.36. The standard InChI is InChI=1S/C27H28INO6S/c1-2-34-22-13-19(12-21(28)24(22)35-16-18-9-6-10-20(11-18)26(31)32)14-23-25(30)29(27(33)36-23)15-17-7-4-3-5-8-17/h6,9-14,17H,2-5,7-8,15-16H2,1H3,(H,31,32)/b23-14+. The van der Waals surface area contributed by atoms with Gasteiger partial charge in [-0.05, 0) is 102 Å². The van der Waals surface area contributed by atoms with E-state index in [0.717, 1.165) is 52.1 Å². The number of ether oxygens (including phenoxy) is 2. The number of amides is 2. The number of aromatic carboxylic acids is 1. The third-order valence-electron chi connectivity index (χ3n) is 6.23. The average molecular weight is 621 g/mol. The molecule has 0 spiro atoms. The van der Waals surface area contributed by atoms with Gasteiger partial charge in [-0.15, -0.1) is 0 Å². The number of carbonyl (C=O) groups excluding carboxylic acids is 2. The average Bonchev–Trinajstić information content (AvgIpc) is 3.12. The molecule has 0 aromatic heterocycles. The van der Waals surface area contributed by atoms with E-state index in [1.54, 1.807) is 30.3 Å². The topological polar surface area (TPSA) is 93.1 Å². The summed E-state index contributed by atoms with van der Waals surface area (Å²) in [6.07, 6.45) is 7.42. The normalized spacial score (nSPS) is 17.6. The highest BCUT2D eigenvalue weighted by molar-refractivity contribution is 14.1. The van der Waals surface area contributed by atoms with Gasteiger partial charge in [0.15, 0.2) is 11.5 Å². The molecule has 2 aromatic rings. The minimum atomic E-state index is -0.992. The molecule has 1 saturated heterocycles. The third-order valence-corrected chi connectivity index (χ3v) is 7.93. The first kappa shape index (κ1) is 26.5. The van der Waals surface area contributed by atoms with Gasteiger partial charge in [-0.3, -0.25) is 14.5 Å². The highest BCUT2D eigenvalue weighted by Crippen LogP contribution is 2.38. The summed E-state index contributed by atoms with van der Waals surface area (Å²) in [5, 5.41) is 9.01. The molecule has 9 heteroatoms. The van der Waals surface area contributed by atoms with Crippen LogP contribution in [0.15, 0.2) is 41.3 Å². The quantitative estimate of drug-likeness (QED) is 0.250. The molecule has 0 radical (unpaired) electrons. The lowest BCUT2D eigenvalue weighted by molar-refractivity contribution is -0.123. The molecule has 1 heterocycles. The van der Waals surface area contributed by atoms with Gasteiger partial charge in [0.2, 0.25) is 0 Å². The summed E-state index contributed by atoms with van der Waals surface area (Å²) < 4.78 is 12.6. The molecule has 2 amide bonds. The van der Waals surface area contributed by atoms with Gasteiger partial charge in [-0.2, -0.15) is 0 Å². The van der Waals surface area contributed by atoms with Crippen molar-refractivity contribution in [3.8, 4) is 11.5 Å². The van der Waals surface area contributed by atoms with Crippen LogP contribution in [0.3, 0.4) is 0 Å². The molecule has 2 aromatic carbocycles. The molecule has 2 fully saturated rings. The Labute approximate surface area is 228 Å². The van der Waals surface area contributed by atoms with Crippen LogP contribution in [0.2, 0.25) is 0 Å². The van der Waals surface area contributed by atoms with Gasteiger partial charge in [0.25, 0.3) is 11.1 Å². The van der Waals surface area contributed by atoms with Crippen LogP contribution in [0.1, 0.15) is 60.5 Å². The number of imide groups is 1. The summed E-state index contributed by atoms with van der Waals surface area (Å²) >= 11 is 3.13. The number of hydrogen-bond acceptors (Lipinski definition) is 6. The van der Waals surface area contributed by atoms with E-state index in [4.69, 9.17) is 9.47 Å². The van der Waals surface area contributed by atoms with Crippen LogP contribution in [0.5, 0.6) is 11.5 Å². The summed E-state index contributed by atoms with van der Waals surface area (Å²) in [5.41, 5.74) is 1.67. The second-order valence-electron chi connectivity index (χ2n) is 8.85. The van der Waals surface area contributed by atoms with Crippen LogP contribution >= 0.6 is 34.4 Å². The van der Waals surface area contributed by atoms with Crippen LogP contribution in [-0.4, -0.2) is 40.3 Å². The van der Waals surface area contributed by atoms with E-state index in [1.807, 2.05) is 13.0 Å². The lowest BCUT2D eigenvalue weighted by Gasteiger charge is -2.25. The number of nitrogens with zero attached hydrogens (tertiary/aromatic N) is 1. The smallest absolute Gasteiger partial charge is 0.335 e. The molecule has 190 valence electrons. The maximum atomic E-state index is 13.0. The van der Waals surface area contributed by atoms with Gasteiger partial charge in [-0.25, -0.2) is 4.79 Å². The molecule has 0 unspecified atom stereocenters. The predicted molar refractivity (Wildman–Crippen MR) is 147 cm³/mol. The first-order chi connectivity index (χ1) is 17.4. The summed E-state index contributed by atoms with van der Waals surface area (Å²) in [7, 11) is 0. The monoisotopic (exact) mass is 621 g/mol. The van der Waals surface area contributed by atoms with Gasteiger partial charge in [0.1, 0.15) is 6.61 Å². The summed E-state index contributed by atoms with van der Waals surface area (Å²) in [6, 6.07) is 10.3. The molecule has 0 atom stereocenters. The van der Waals surface area contributed by atoms with E-state index in [1.165, 1.54) is 17.4 Å². The SMILES string of the molecule is CCOc1cc(/C=C2/SC(=O)N(CC3CCCCC3)C2=O)cc(I)c1OCc1cccc(C(=O)O)c1. The van der Waals surface area contributed by atoms with Crippen LogP contribution < -0.4 is 9.47 Å². The van der Waals surface area contributed by atoms with Crippen molar-refractivity contribution in [3.05, 3.63) is 61.6 Å². The second-order valence-corrected chi connectivity index (χ2v) is 11.0. The number of carbonyl (C=O) groups is 3. The van der Waals surface area contributed by atoms with Crippen molar-refractivity contribution in [2.24, 2.45) is 5.92 Å². The van der Waals surface area contributed by atoms with E-state index >= 15 is 0 Å². The Balaban J connectivity index is 1.52. The number of rotatable bonds is 9. The number of hydrogen-bond donors (Lipinski definition) is 1. The first-order valence-corrected chi connectivity index (χ1v) is 13.9. The van der Waals surface area contributed by atoms with E-state index in [9.17, 15) is 19.5 Å². The number of carboxylic acids is 1. The predicted octanol–water partition coefficient (Wildman–Crippen LogP) is 6.58. The zero-order valence-corrected chi connectivity index (χ0v) is 23.0. The molecule has 1 aliphatic heterocycles. The maximum Gasteiger partial charge on any atom is 0.335 e. The Morgan fingerprint density at radius 1 is 1.17 bits per heavy atom. The molecule has 1 saturated carbocycles. The Morgan fingerprint density at radius 3 is 2.67 bits per heavy atom. The van der Waals surface area contributed by atoms with Crippen LogP contribution in [0, 0.1) is 9.49 Å². The minimum absolute atomic E-state index is 0.177. The molecule has 36 heavy (non-hydrogen) atoms. The van der Waals surface area contributed by atoms with Crippen molar-refractivity contribution in [2.45, 2.75) is 45.6 Å². The van der Waals surface area contributed by atoms with Gasteiger partial charge >= 0.3 is 5.97 Å². The van der Waals surface area contributed by atoms with Crippen molar-refractivity contribution in [2.75, 3.05) is 13.2 Å². The van der Waals surface area contributed by atoms with Crippen LogP contribution in [0.25, 0.3) is 6.08 Å². The Hall–Kier alpha value is -2.53. The van der Waals surface area contributed by atoms with Gasteiger partial charge in [-0.1, -0.05) is 31.4 Å². The highest BCUT2D eigenvalue weighted by atomic mass is 127. The van der Waals surface area contributed by atoms with Gasteiger partial charge in [0, 0.05) is 6.54 Å². The minimum Gasteiger partial charge on any atom is -0.490 e. The van der Waals surface area contributed by atoms with E-state index in [2.05, 4.69) is 22.6 Å². The molecule has 7 nitrogen and oxygen atoms in total. The fourth-order valence-corrected chi connectivity index (χ4v) is 6.09. The Bertz CT molecular complexity index is 1190. The van der Waals surface area contributed by atoms with Gasteiger partial charge < -0.3 is 14.6 Å². The summed E-state index contributed by atoms with van der Waals surface area (Å²) in [6.45, 7) is 2.97. The molecular weight excluding hydrogens is 593 g/mol. The van der Waals surface area contributed by atoms with Crippen molar-refractivity contribution < 1.29 is 29.0 Å². The third kappa shape index (κ3) is 6.42. The number of carboxylic acid groups (broad SMARTS) is 1. The molecule has 1 N–H and O–H groups in total. The Kier molecular flexibility index (Phi) is 8.95. The number of benzene rings is 2. The van der Waals surface area contributed by atoms with Crippen molar-refractivity contribution in [1.82, 2.24) is 4.90 Å². The lowest BCUT2D eigenvalue weighted by atomic mass is 9.89. The Morgan fingerprint density at radius 2 is 1.94 bits per heavy atom. The molecule has 0 bridgehead atoms. The van der Waals surface area contributed by atoms with Crippen LogP contribution in [-0.2, 0) is 11.4 Å². The molecule has 4 rings (SSSR count). The summed E-state index contributed by atoms with van der Waals surface area (Å²) in [4.78, 5) is 38.6. The summed E-state index contributed by atoms with van der Waals surface area (Å²) in [5.74, 6) is 0.230.